The van der Waals surface area contributed by atoms with E-state index in [0.717, 1.165) is 6.42 Å². The van der Waals surface area contributed by atoms with Gasteiger partial charge in [0.25, 0.3) is 0 Å². The fourth-order valence-electron chi connectivity index (χ4n) is 0.889. The van der Waals surface area contributed by atoms with Crippen LogP contribution in [-0.2, 0) is 9.53 Å². The number of carbonyl (C=O) groups is 2. The van der Waals surface area contributed by atoms with Gasteiger partial charge >= 0.3 is 6.09 Å². The number of alkyl halides is 1. The predicted molar refractivity (Wildman–Crippen MR) is 53.1 cm³/mol. The van der Waals surface area contributed by atoms with Gasteiger partial charge in [-0.1, -0.05) is 22.9 Å². The summed E-state index contributed by atoms with van der Waals surface area (Å²) in [5.74, 6) is -0.0288. The summed E-state index contributed by atoms with van der Waals surface area (Å²) in [6.07, 6.45) is 0.362. The first-order chi connectivity index (χ1) is 6.15. The molecule has 0 aromatic carbocycles. The number of nitrogens with zero attached hydrogens (tertiary/aromatic N) is 1. The molecular formula is C8H14BrNO3. The van der Waals surface area contributed by atoms with E-state index in [1.807, 2.05) is 6.92 Å². The molecule has 13 heavy (non-hydrogen) atoms. The molecule has 0 saturated heterocycles. The molecular weight excluding hydrogens is 238 g/mol. The lowest BCUT2D eigenvalue weighted by atomic mass is 10.3. The zero-order valence-electron chi connectivity index (χ0n) is 7.88. The normalized spacial score (nSPS) is 9.46. The van der Waals surface area contributed by atoms with Crippen LogP contribution in [-0.4, -0.2) is 42.3 Å². The molecule has 0 heterocycles. The topological polar surface area (TPSA) is 46.6 Å². The largest absolute Gasteiger partial charge is 0.453 e. The van der Waals surface area contributed by atoms with Gasteiger partial charge in [0.15, 0.2) is 5.78 Å². The Labute approximate surface area is 86.4 Å². The van der Waals surface area contributed by atoms with Crippen molar-refractivity contribution < 1.29 is 14.3 Å². The number of ketones is 1. The van der Waals surface area contributed by atoms with Gasteiger partial charge in [0.05, 0.1) is 19.0 Å². The van der Waals surface area contributed by atoms with Gasteiger partial charge in [0.2, 0.25) is 0 Å². The number of methoxy groups -OCH3 is 1. The number of hydrogen-bond acceptors (Lipinski definition) is 3. The molecule has 0 spiro atoms. The summed E-state index contributed by atoms with van der Waals surface area (Å²) >= 11 is 3.04. The van der Waals surface area contributed by atoms with Crippen molar-refractivity contribution in [3.63, 3.8) is 0 Å². The van der Waals surface area contributed by atoms with E-state index in [9.17, 15) is 9.59 Å². The molecule has 4 nitrogen and oxygen atoms in total. The highest BCUT2D eigenvalue weighted by molar-refractivity contribution is 9.09. The second kappa shape index (κ2) is 6.88. The number of Topliss-reactive ketones (excluding diaryl/α,β-unsaturated/α-hetero) is 1. The second-order valence-electron chi connectivity index (χ2n) is 2.56. The Bertz CT molecular complexity index is 184. The standard InChI is InChI=1S/C8H14BrNO3/c1-3-4-10(8(12)13-2)6-7(11)5-9/h3-6H2,1-2H3. The van der Waals surface area contributed by atoms with Crippen LogP contribution < -0.4 is 0 Å². The van der Waals surface area contributed by atoms with E-state index >= 15 is 0 Å². The maximum Gasteiger partial charge on any atom is 0.409 e. The van der Waals surface area contributed by atoms with Gasteiger partial charge in [-0.3, -0.25) is 4.79 Å². The highest BCUT2D eigenvalue weighted by Gasteiger charge is 2.15. The third-order valence-corrected chi connectivity index (χ3v) is 2.07. The van der Waals surface area contributed by atoms with Gasteiger partial charge in [-0.2, -0.15) is 0 Å². The fourth-order valence-corrected chi connectivity index (χ4v) is 1.07. The Morgan fingerprint density at radius 3 is 2.46 bits per heavy atom. The molecule has 0 aliphatic carbocycles. The highest BCUT2D eigenvalue weighted by Crippen LogP contribution is 1.97. The van der Waals surface area contributed by atoms with Crippen LogP contribution in [0.2, 0.25) is 0 Å². The van der Waals surface area contributed by atoms with Crippen LogP contribution >= 0.6 is 15.9 Å². The van der Waals surface area contributed by atoms with E-state index in [4.69, 9.17) is 0 Å². The third kappa shape index (κ3) is 4.87. The summed E-state index contributed by atoms with van der Waals surface area (Å²) in [6.45, 7) is 2.60. The van der Waals surface area contributed by atoms with Crippen molar-refractivity contribution in [1.82, 2.24) is 4.90 Å². The quantitative estimate of drug-likeness (QED) is 0.695. The Kier molecular flexibility index (Phi) is 6.58. The van der Waals surface area contributed by atoms with Gasteiger partial charge in [-0.15, -0.1) is 0 Å². The van der Waals surface area contributed by atoms with Crippen molar-refractivity contribution in [1.29, 1.82) is 0 Å². The zero-order chi connectivity index (χ0) is 10.3. The van der Waals surface area contributed by atoms with Crippen LogP contribution in [0.25, 0.3) is 0 Å². The highest BCUT2D eigenvalue weighted by atomic mass is 79.9. The van der Waals surface area contributed by atoms with Crippen molar-refractivity contribution in [2.45, 2.75) is 13.3 Å². The van der Waals surface area contributed by atoms with Gasteiger partial charge in [-0.25, -0.2) is 4.79 Å². The summed E-state index contributed by atoms with van der Waals surface area (Å²) in [7, 11) is 1.31. The summed E-state index contributed by atoms with van der Waals surface area (Å²) in [6, 6.07) is 0. The Morgan fingerprint density at radius 2 is 2.08 bits per heavy atom. The smallest absolute Gasteiger partial charge is 0.409 e. The van der Waals surface area contributed by atoms with E-state index in [-0.39, 0.29) is 17.7 Å². The average molecular weight is 252 g/mol. The number of hydrogen-bond donors (Lipinski definition) is 0. The van der Waals surface area contributed by atoms with Crippen molar-refractivity contribution in [2.24, 2.45) is 0 Å². The van der Waals surface area contributed by atoms with Gasteiger partial charge in [0.1, 0.15) is 0 Å². The predicted octanol–water partition coefficient (Wildman–Crippen LogP) is 1.43. The SMILES string of the molecule is CCCN(CC(=O)CBr)C(=O)OC. The van der Waals surface area contributed by atoms with Crippen LogP contribution in [0.3, 0.4) is 0 Å². The first kappa shape index (κ1) is 12.4. The summed E-state index contributed by atoms with van der Waals surface area (Å²) in [4.78, 5) is 23.5. The maximum atomic E-state index is 11.1. The van der Waals surface area contributed by atoms with Crippen molar-refractivity contribution >= 4 is 27.8 Å². The number of carbonyl (C=O) groups excluding carboxylic acids is 2. The van der Waals surface area contributed by atoms with Crippen LogP contribution in [0.4, 0.5) is 4.79 Å². The van der Waals surface area contributed by atoms with E-state index in [0.29, 0.717) is 6.54 Å². The Hall–Kier alpha value is -0.580. The summed E-state index contributed by atoms with van der Waals surface area (Å²) in [5.41, 5.74) is 0. The molecule has 0 N–H and O–H groups in total. The van der Waals surface area contributed by atoms with E-state index < -0.39 is 6.09 Å². The lowest BCUT2D eigenvalue weighted by Crippen LogP contribution is -2.36. The molecule has 0 aromatic heterocycles. The van der Waals surface area contributed by atoms with Gasteiger partial charge < -0.3 is 9.64 Å². The Balaban J connectivity index is 4.08. The van der Waals surface area contributed by atoms with E-state index in [2.05, 4.69) is 20.7 Å². The lowest BCUT2D eigenvalue weighted by molar-refractivity contribution is -0.117. The minimum Gasteiger partial charge on any atom is -0.453 e. The maximum absolute atomic E-state index is 11.1. The minimum atomic E-state index is -0.448. The van der Waals surface area contributed by atoms with E-state index in [1.165, 1.54) is 12.0 Å². The van der Waals surface area contributed by atoms with Crippen molar-refractivity contribution in [2.75, 3.05) is 25.5 Å². The molecule has 0 saturated carbocycles. The molecule has 0 bridgehead atoms. The molecule has 0 aliphatic heterocycles. The molecule has 0 unspecified atom stereocenters. The first-order valence-electron chi connectivity index (χ1n) is 4.06. The van der Waals surface area contributed by atoms with Crippen LogP contribution in [0.5, 0.6) is 0 Å². The Morgan fingerprint density at radius 1 is 1.46 bits per heavy atom. The molecule has 0 fully saturated rings. The molecule has 1 amide bonds. The monoisotopic (exact) mass is 251 g/mol. The number of halogens is 1. The fraction of sp³-hybridized carbons (Fsp3) is 0.750. The third-order valence-electron chi connectivity index (χ3n) is 1.44. The molecule has 5 heteroatoms. The minimum absolute atomic E-state index is 0.0288. The first-order valence-corrected chi connectivity index (χ1v) is 5.18. The zero-order valence-corrected chi connectivity index (χ0v) is 9.46. The van der Waals surface area contributed by atoms with Gasteiger partial charge in [0, 0.05) is 6.54 Å². The average Bonchev–Trinajstić information content (AvgIpc) is 2.15. The van der Waals surface area contributed by atoms with Crippen LogP contribution in [0, 0.1) is 0 Å². The van der Waals surface area contributed by atoms with Gasteiger partial charge in [-0.05, 0) is 6.42 Å². The molecule has 0 aromatic rings. The van der Waals surface area contributed by atoms with Crippen molar-refractivity contribution in [3.8, 4) is 0 Å². The number of rotatable bonds is 5. The number of ether oxygens (including phenoxy) is 1. The molecule has 0 radical (unpaired) electrons. The molecule has 0 rings (SSSR count). The van der Waals surface area contributed by atoms with Crippen molar-refractivity contribution in [3.05, 3.63) is 0 Å². The second-order valence-corrected chi connectivity index (χ2v) is 3.12. The number of amides is 1. The van der Waals surface area contributed by atoms with Crippen LogP contribution in [0.1, 0.15) is 13.3 Å². The summed E-state index contributed by atoms with van der Waals surface area (Å²) < 4.78 is 4.53. The molecule has 76 valence electrons. The lowest BCUT2D eigenvalue weighted by Gasteiger charge is -2.18. The summed E-state index contributed by atoms with van der Waals surface area (Å²) in [5, 5.41) is 0.268. The van der Waals surface area contributed by atoms with E-state index in [1.54, 1.807) is 0 Å². The van der Waals surface area contributed by atoms with Crippen LogP contribution in [0.15, 0.2) is 0 Å². The molecule has 0 aliphatic rings. The molecule has 0 atom stereocenters.